The molecule has 0 radical (unpaired) electrons. The number of thiocarbonyl (C=S) groups is 1. The molecule has 1 aliphatic heterocycles. The zero-order valence-corrected chi connectivity index (χ0v) is 15.4. The van der Waals surface area contributed by atoms with Crippen molar-refractivity contribution in [2.45, 2.75) is 6.92 Å². The Balaban J connectivity index is 1.99. The van der Waals surface area contributed by atoms with Crippen LogP contribution in [0.25, 0.3) is 17.4 Å². The van der Waals surface area contributed by atoms with E-state index in [-0.39, 0.29) is 10.7 Å². The van der Waals surface area contributed by atoms with Crippen LogP contribution < -0.4 is 0 Å². The smallest absolute Gasteiger partial charge is 0.265 e. The molecule has 0 aliphatic carbocycles. The molecule has 1 aliphatic rings. The van der Waals surface area contributed by atoms with Crippen molar-refractivity contribution in [3.05, 3.63) is 52.3 Å². The number of benzene rings is 1. The van der Waals surface area contributed by atoms with Crippen LogP contribution in [0, 0.1) is 6.92 Å². The molecule has 0 atom stereocenters. The average Bonchev–Trinajstić information content (AvgIpc) is 3.06. The molecular formula is C18H15ClN2O3S. The SMILES string of the molecule is Cc1ccc(Cl)cc1-c1ccc(C=C2C(=O)N(C)C(=S)N(C)C2=O)o1. The van der Waals surface area contributed by atoms with Gasteiger partial charge in [-0.2, -0.15) is 0 Å². The maximum absolute atomic E-state index is 12.3. The predicted octanol–water partition coefficient (Wildman–Crippen LogP) is 3.51. The fraction of sp³-hybridized carbons (Fsp3) is 0.167. The second-order valence-electron chi connectivity index (χ2n) is 5.73. The quantitative estimate of drug-likeness (QED) is 0.458. The van der Waals surface area contributed by atoms with E-state index < -0.39 is 11.8 Å². The summed E-state index contributed by atoms with van der Waals surface area (Å²) in [7, 11) is 3.06. The van der Waals surface area contributed by atoms with E-state index in [0.29, 0.717) is 16.5 Å². The number of likely N-dealkylation sites (N-methyl/N-ethyl adjacent to an activating group) is 2. The van der Waals surface area contributed by atoms with Gasteiger partial charge in [-0.25, -0.2) is 0 Å². The Kier molecular flexibility index (Phi) is 4.49. The van der Waals surface area contributed by atoms with Crippen molar-refractivity contribution in [2.75, 3.05) is 14.1 Å². The molecule has 1 fully saturated rings. The van der Waals surface area contributed by atoms with E-state index >= 15 is 0 Å². The van der Waals surface area contributed by atoms with Crippen LogP contribution in [0.5, 0.6) is 0 Å². The standard InChI is InChI=1S/C18H15ClN2O3S/c1-10-4-5-11(19)8-13(10)15-7-6-12(24-15)9-14-16(22)20(2)18(25)21(3)17(14)23/h4-9H,1-3H3. The number of hydrogen-bond acceptors (Lipinski definition) is 4. The third-order valence-corrected chi connectivity index (χ3v) is 4.81. The van der Waals surface area contributed by atoms with Crippen molar-refractivity contribution in [1.29, 1.82) is 0 Å². The first kappa shape index (κ1) is 17.4. The van der Waals surface area contributed by atoms with Gasteiger partial charge in [0.2, 0.25) is 0 Å². The van der Waals surface area contributed by atoms with Crippen molar-refractivity contribution < 1.29 is 14.0 Å². The van der Waals surface area contributed by atoms with Crippen LogP contribution in [0.3, 0.4) is 0 Å². The van der Waals surface area contributed by atoms with Crippen molar-refractivity contribution in [3.63, 3.8) is 0 Å². The summed E-state index contributed by atoms with van der Waals surface area (Å²) in [6, 6.07) is 9.00. The Hall–Kier alpha value is -2.44. The number of aryl methyl sites for hydroxylation is 1. The third-order valence-electron chi connectivity index (χ3n) is 4.02. The molecule has 2 aromatic rings. The molecule has 0 N–H and O–H groups in total. The second kappa shape index (κ2) is 6.46. The Labute approximate surface area is 155 Å². The lowest BCUT2D eigenvalue weighted by Crippen LogP contribution is -2.52. The fourth-order valence-corrected chi connectivity index (χ4v) is 2.89. The summed E-state index contributed by atoms with van der Waals surface area (Å²) in [4.78, 5) is 27.2. The molecular weight excluding hydrogens is 360 g/mol. The van der Waals surface area contributed by atoms with Gasteiger partial charge in [0.1, 0.15) is 17.1 Å². The lowest BCUT2D eigenvalue weighted by molar-refractivity contribution is -0.132. The average molecular weight is 375 g/mol. The van der Waals surface area contributed by atoms with Crippen LogP contribution in [-0.2, 0) is 9.59 Å². The summed E-state index contributed by atoms with van der Waals surface area (Å²) in [6.45, 7) is 1.95. The fourth-order valence-electron chi connectivity index (χ4n) is 2.55. The van der Waals surface area contributed by atoms with Gasteiger partial charge in [0.25, 0.3) is 11.8 Å². The Morgan fingerprint density at radius 2 is 1.72 bits per heavy atom. The highest BCUT2D eigenvalue weighted by atomic mass is 35.5. The van der Waals surface area contributed by atoms with Crippen molar-refractivity contribution >= 4 is 46.8 Å². The zero-order chi connectivity index (χ0) is 18.3. The van der Waals surface area contributed by atoms with Gasteiger partial charge in [0, 0.05) is 24.7 Å². The van der Waals surface area contributed by atoms with Gasteiger partial charge in [0.05, 0.1) is 0 Å². The number of hydrogen-bond donors (Lipinski definition) is 0. The van der Waals surface area contributed by atoms with E-state index in [0.717, 1.165) is 11.1 Å². The molecule has 25 heavy (non-hydrogen) atoms. The highest BCUT2D eigenvalue weighted by molar-refractivity contribution is 7.80. The third kappa shape index (κ3) is 3.10. The van der Waals surface area contributed by atoms with Crippen molar-refractivity contribution in [3.8, 4) is 11.3 Å². The molecule has 7 heteroatoms. The summed E-state index contributed by atoms with van der Waals surface area (Å²) >= 11 is 11.1. The Bertz CT molecular complexity index is 906. The molecule has 2 amide bonds. The molecule has 0 spiro atoms. The van der Waals surface area contributed by atoms with Crippen molar-refractivity contribution in [1.82, 2.24) is 9.80 Å². The number of carbonyl (C=O) groups excluding carboxylic acids is 2. The molecule has 1 saturated heterocycles. The van der Waals surface area contributed by atoms with Gasteiger partial charge in [-0.3, -0.25) is 19.4 Å². The van der Waals surface area contributed by atoms with E-state index in [1.165, 1.54) is 30.0 Å². The molecule has 0 saturated carbocycles. The summed E-state index contributed by atoms with van der Waals surface area (Å²) in [5.41, 5.74) is 1.86. The largest absolute Gasteiger partial charge is 0.457 e. The topological polar surface area (TPSA) is 53.8 Å². The highest BCUT2D eigenvalue weighted by Crippen LogP contribution is 2.29. The van der Waals surface area contributed by atoms with Gasteiger partial charge in [-0.15, -0.1) is 0 Å². The minimum absolute atomic E-state index is 0.00214. The molecule has 0 unspecified atom stereocenters. The van der Waals surface area contributed by atoms with Gasteiger partial charge < -0.3 is 4.42 Å². The van der Waals surface area contributed by atoms with E-state index in [1.54, 1.807) is 18.2 Å². The first-order valence-corrected chi connectivity index (χ1v) is 8.26. The number of amides is 2. The molecule has 5 nitrogen and oxygen atoms in total. The van der Waals surface area contributed by atoms with Crippen LogP contribution in [0.1, 0.15) is 11.3 Å². The van der Waals surface area contributed by atoms with Crippen molar-refractivity contribution in [2.24, 2.45) is 0 Å². The molecule has 1 aromatic heterocycles. The number of nitrogens with zero attached hydrogens (tertiary/aromatic N) is 2. The predicted molar refractivity (Wildman–Crippen MR) is 100 cm³/mol. The first-order valence-electron chi connectivity index (χ1n) is 7.47. The van der Waals surface area contributed by atoms with E-state index in [9.17, 15) is 9.59 Å². The summed E-state index contributed by atoms with van der Waals surface area (Å²) < 4.78 is 5.79. The number of carbonyl (C=O) groups is 2. The maximum atomic E-state index is 12.3. The van der Waals surface area contributed by atoms with Gasteiger partial charge in [-0.1, -0.05) is 17.7 Å². The van der Waals surface area contributed by atoms with Crippen LogP contribution in [0.2, 0.25) is 5.02 Å². The minimum atomic E-state index is -0.454. The Morgan fingerprint density at radius 3 is 2.36 bits per heavy atom. The van der Waals surface area contributed by atoms with Gasteiger partial charge >= 0.3 is 0 Å². The lowest BCUT2D eigenvalue weighted by Gasteiger charge is -2.31. The summed E-state index contributed by atoms with van der Waals surface area (Å²) in [5, 5.41) is 0.771. The molecule has 1 aromatic carbocycles. The van der Waals surface area contributed by atoms with Crippen LogP contribution in [-0.4, -0.2) is 40.8 Å². The van der Waals surface area contributed by atoms with Crippen LogP contribution >= 0.6 is 23.8 Å². The normalized spacial score (nSPS) is 15.2. The number of rotatable bonds is 2. The van der Waals surface area contributed by atoms with Crippen LogP contribution in [0.15, 0.2) is 40.3 Å². The zero-order valence-electron chi connectivity index (χ0n) is 13.9. The second-order valence-corrected chi connectivity index (χ2v) is 6.53. The first-order chi connectivity index (χ1) is 11.8. The van der Waals surface area contributed by atoms with Gasteiger partial charge in [0.15, 0.2) is 5.11 Å². The number of halogens is 1. The van der Waals surface area contributed by atoms with Gasteiger partial charge in [-0.05, 0) is 55.0 Å². The Morgan fingerprint density at radius 1 is 1.08 bits per heavy atom. The maximum Gasteiger partial charge on any atom is 0.265 e. The van der Waals surface area contributed by atoms with Crippen LogP contribution in [0.4, 0.5) is 0 Å². The molecule has 0 bridgehead atoms. The number of furan rings is 1. The highest BCUT2D eigenvalue weighted by Gasteiger charge is 2.35. The molecule has 2 heterocycles. The summed E-state index contributed by atoms with van der Waals surface area (Å²) in [5.74, 6) is 0.107. The lowest BCUT2D eigenvalue weighted by atomic mass is 10.1. The minimum Gasteiger partial charge on any atom is -0.457 e. The van der Waals surface area contributed by atoms with E-state index in [1.807, 2.05) is 19.1 Å². The monoisotopic (exact) mass is 374 g/mol. The van der Waals surface area contributed by atoms with E-state index in [4.69, 9.17) is 28.2 Å². The molecule has 3 rings (SSSR count). The molecule has 128 valence electrons. The summed E-state index contributed by atoms with van der Waals surface area (Å²) in [6.07, 6.45) is 1.43. The van der Waals surface area contributed by atoms with E-state index in [2.05, 4.69) is 0 Å².